The summed E-state index contributed by atoms with van der Waals surface area (Å²) in [4.78, 5) is 2.94. The number of aromatic amines is 1. The molecule has 11 nitrogen and oxygen atoms in total. The van der Waals surface area contributed by atoms with E-state index in [0.717, 1.165) is 0 Å². The Balaban J connectivity index is 1.49. The molecule has 0 bridgehead atoms. The maximum Gasteiger partial charge on any atom is 0.202 e. The van der Waals surface area contributed by atoms with Crippen LogP contribution in [0.3, 0.4) is 0 Å². The smallest absolute Gasteiger partial charge is 0.202 e. The van der Waals surface area contributed by atoms with E-state index in [1.54, 1.807) is 24.3 Å². The number of H-pyrrole nitrogens is 1. The summed E-state index contributed by atoms with van der Waals surface area (Å²) in [5.41, 5.74) is -0.602. The molecule has 43 heavy (non-hydrogen) atoms. The van der Waals surface area contributed by atoms with Gasteiger partial charge >= 0.3 is 0 Å². The third-order valence-electron chi connectivity index (χ3n) is 7.70. The Hall–Kier alpha value is -5.97. The van der Waals surface area contributed by atoms with E-state index in [9.17, 15) is 46.0 Å². The second-order valence-electron chi connectivity index (χ2n) is 10.1. The van der Waals surface area contributed by atoms with Crippen LogP contribution >= 0.6 is 0 Å². The molecule has 5 aromatic carbocycles. The Morgan fingerprint density at radius 2 is 1.23 bits per heavy atom. The molecule has 13 heteroatoms. The van der Waals surface area contributed by atoms with E-state index < -0.39 is 51.1 Å². The molecule has 2 aromatic heterocycles. The number of hydrogen-bond acceptors (Lipinski definition) is 10. The zero-order valence-corrected chi connectivity index (χ0v) is 21.6. The maximum atomic E-state index is 11.4. The van der Waals surface area contributed by atoms with E-state index in [0.29, 0.717) is 11.1 Å². The van der Waals surface area contributed by atoms with E-state index in [1.165, 1.54) is 18.2 Å². The minimum Gasteiger partial charge on any atom is -0.508 e. The van der Waals surface area contributed by atoms with Gasteiger partial charge < -0.3 is 55.4 Å². The first-order chi connectivity index (χ1) is 20.4. The minimum absolute atomic E-state index is 0.0963. The fraction of sp³-hybridized carbons (Fsp3) is 0. The molecule has 208 valence electrons. The Bertz CT molecular complexity index is 2370. The maximum absolute atomic E-state index is 11.4. The number of rotatable bonds is 2. The van der Waals surface area contributed by atoms with Gasteiger partial charge in [0.1, 0.15) is 38.7 Å². The molecule has 0 saturated heterocycles. The molecule has 0 aliphatic carbocycles. The van der Waals surface area contributed by atoms with Gasteiger partial charge in [-0.15, -0.1) is 0 Å². The highest BCUT2D eigenvalue weighted by Gasteiger charge is 2.30. The zero-order chi connectivity index (χ0) is 30.6. The van der Waals surface area contributed by atoms with Gasteiger partial charge in [0.25, 0.3) is 0 Å². The van der Waals surface area contributed by atoms with Crippen molar-refractivity contribution in [1.29, 1.82) is 0 Å². The minimum atomic E-state index is -0.882. The van der Waals surface area contributed by atoms with Crippen LogP contribution in [0, 0.1) is 0 Å². The monoisotopic (exact) mass is 573 g/mol. The van der Waals surface area contributed by atoms with Gasteiger partial charge in [-0.1, -0.05) is 23.7 Å². The number of hydrogen-bond donors (Lipinski definition) is 10. The zero-order valence-electron chi connectivity index (χ0n) is 21.6. The molecule has 0 unspecified atom stereocenters. The third-order valence-corrected chi connectivity index (χ3v) is 7.70. The average Bonchev–Trinajstić information content (AvgIpc) is 3.58. The Morgan fingerprint density at radius 1 is 0.558 bits per heavy atom. The summed E-state index contributed by atoms with van der Waals surface area (Å²) in [6.45, 7) is 0. The molecule has 7 aromatic rings. The molecular weight excluding hydrogens is 556 g/mol. The lowest BCUT2D eigenvalue weighted by atomic mass is 9.90. The number of phenols is 9. The highest BCUT2D eigenvalue weighted by molar-refractivity contribution is 6.39. The molecular formula is C30H17B2NO10. The fourth-order valence-corrected chi connectivity index (χ4v) is 5.64. The predicted molar refractivity (Wildman–Crippen MR) is 160 cm³/mol. The average molecular weight is 573 g/mol. The van der Waals surface area contributed by atoms with Crippen LogP contribution in [0.25, 0.3) is 66.0 Å². The van der Waals surface area contributed by atoms with Gasteiger partial charge in [0.2, 0.25) is 5.75 Å². The van der Waals surface area contributed by atoms with Crippen molar-refractivity contribution in [3.05, 3.63) is 42.5 Å². The van der Waals surface area contributed by atoms with Crippen molar-refractivity contribution in [3.8, 4) is 74.0 Å². The van der Waals surface area contributed by atoms with Gasteiger partial charge in [-0.25, -0.2) is 0 Å². The molecule has 0 saturated carbocycles. The van der Waals surface area contributed by atoms with Crippen LogP contribution in [0.1, 0.15) is 0 Å². The number of phenolic OH excluding ortho intramolecular Hbond substituents is 9. The first-order valence-electron chi connectivity index (χ1n) is 12.6. The van der Waals surface area contributed by atoms with E-state index in [-0.39, 0.29) is 66.5 Å². The first-order valence-corrected chi connectivity index (χ1v) is 12.6. The van der Waals surface area contributed by atoms with E-state index >= 15 is 0 Å². The summed E-state index contributed by atoms with van der Waals surface area (Å²) >= 11 is 0. The molecule has 7 rings (SSSR count). The predicted octanol–water partition coefficient (Wildman–Crippen LogP) is 3.49. The lowest BCUT2D eigenvalue weighted by Crippen LogP contribution is -2.03. The number of aromatic hydroxyl groups is 9. The molecule has 0 atom stereocenters. The van der Waals surface area contributed by atoms with Gasteiger partial charge in [-0.05, 0) is 40.9 Å². The van der Waals surface area contributed by atoms with Crippen LogP contribution in [0.5, 0.6) is 51.7 Å². The van der Waals surface area contributed by atoms with Crippen LogP contribution < -0.4 is 10.9 Å². The number of furan rings is 1. The molecule has 0 fully saturated rings. The molecule has 10 N–H and O–H groups in total. The van der Waals surface area contributed by atoms with E-state index in [2.05, 4.69) is 4.98 Å². The quantitative estimate of drug-likeness (QED) is 0.0827. The molecule has 0 amide bonds. The summed E-state index contributed by atoms with van der Waals surface area (Å²) in [6, 6.07) is 10.5. The highest BCUT2D eigenvalue weighted by Crippen LogP contribution is 2.56. The Morgan fingerprint density at radius 3 is 1.98 bits per heavy atom. The number of aromatic nitrogens is 1. The summed E-state index contributed by atoms with van der Waals surface area (Å²) in [7, 11) is 11.4. The van der Waals surface area contributed by atoms with E-state index in [4.69, 9.17) is 20.1 Å². The molecule has 0 spiro atoms. The molecule has 4 radical (unpaired) electrons. The van der Waals surface area contributed by atoms with Crippen LogP contribution in [0.4, 0.5) is 0 Å². The fourth-order valence-electron chi connectivity index (χ4n) is 5.64. The van der Waals surface area contributed by atoms with Crippen molar-refractivity contribution in [1.82, 2.24) is 4.98 Å². The van der Waals surface area contributed by atoms with Crippen molar-refractivity contribution in [2.45, 2.75) is 0 Å². The second kappa shape index (κ2) is 8.52. The van der Waals surface area contributed by atoms with Crippen LogP contribution in [0.2, 0.25) is 0 Å². The summed E-state index contributed by atoms with van der Waals surface area (Å²) < 4.78 is 5.43. The summed E-state index contributed by atoms with van der Waals surface area (Å²) in [5, 5.41) is 96.2. The standard InChI is InChI=1S/C30H17B2NO10/c31-11-7-13(34)20-16(22(11)36)15-12(33-20)5-4-10(21(15)35)8-2-1-3-9(6-8)14-23(37)17-18-25(39)26(40)19(32)27(41)29(18)43-30(17)28(42)24(14)38/h1-7,33-42H. The normalized spacial score (nSPS) is 11.8. The van der Waals surface area contributed by atoms with Gasteiger partial charge in [0, 0.05) is 5.56 Å². The van der Waals surface area contributed by atoms with Crippen molar-refractivity contribution in [2.24, 2.45) is 0 Å². The summed E-state index contributed by atoms with van der Waals surface area (Å²) in [5.74, 6) is -5.63. The van der Waals surface area contributed by atoms with Crippen molar-refractivity contribution in [2.75, 3.05) is 0 Å². The molecule has 2 heterocycles. The number of fused-ring (bicyclic) bond motifs is 6. The van der Waals surface area contributed by atoms with E-state index in [1.807, 2.05) is 0 Å². The second-order valence-corrected chi connectivity index (χ2v) is 10.1. The Labute approximate surface area is 242 Å². The summed E-state index contributed by atoms with van der Waals surface area (Å²) in [6.07, 6.45) is 0. The first kappa shape index (κ1) is 26.0. The molecule has 0 aliphatic rings. The van der Waals surface area contributed by atoms with Crippen LogP contribution in [-0.4, -0.2) is 66.6 Å². The lowest BCUT2D eigenvalue weighted by molar-refractivity contribution is 0.397. The topological polar surface area (TPSA) is 211 Å². The van der Waals surface area contributed by atoms with Crippen molar-refractivity contribution < 1.29 is 50.4 Å². The van der Waals surface area contributed by atoms with Crippen molar-refractivity contribution in [3.63, 3.8) is 0 Å². The third kappa shape index (κ3) is 3.27. The van der Waals surface area contributed by atoms with Gasteiger partial charge in [-0.3, -0.25) is 0 Å². The number of benzene rings is 5. The number of nitrogens with one attached hydrogen (secondary N) is 1. The van der Waals surface area contributed by atoms with Gasteiger partial charge in [0.05, 0.1) is 38.1 Å². The highest BCUT2D eigenvalue weighted by atomic mass is 16.4. The van der Waals surface area contributed by atoms with Gasteiger partial charge in [-0.2, -0.15) is 0 Å². The lowest BCUT2D eigenvalue weighted by Gasteiger charge is -2.13. The SMILES string of the molecule is [B]c1cc(O)c2[nH]c3ccc(-c4cccc(-c5c(O)c(O)c6oc7c(O)c([B])c(O)c(O)c7c6c5O)c4)c(O)c3c2c1O. The van der Waals surface area contributed by atoms with Crippen LogP contribution in [-0.2, 0) is 0 Å². The Kier molecular flexibility index (Phi) is 5.14. The molecule has 0 aliphatic heterocycles. The van der Waals surface area contributed by atoms with Gasteiger partial charge in [0.15, 0.2) is 34.2 Å². The van der Waals surface area contributed by atoms with Crippen LogP contribution in [0.15, 0.2) is 46.9 Å². The largest absolute Gasteiger partial charge is 0.508 e. The van der Waals surface area contributed by atoms with Crippen molar-refractivity contribution >= 4 is 70.4 Å².